The molecule has 268 valence electrons. The molecule has 0 spiro atoms. The summed E-state index contributed by atoms with van der Waals surface area (Å²) < 4.78 is 6.36. The van der Waals surface area contributed by atoms with Gasteiger partial charge in [-0.2, -0.15) is 0 Å². The third-order valence-electron chi connectivity index (χ3n) is 11.8. The predicted octanol–water partition coefficient (Wildman–Crippen LogP) is 14.0. The van der Waals surface area contributed by atoms with E-state index < -0.39 is 0 Å². The van der Waals surface area contributed by atoms with Gasteiger partial charge in [0.15, 0.2) is 5.82 Å². The van der Waals surface area contributed by atoms with E-state index in [2.05, 4.69) is 177 Å². The lowest BCUT2D eigenvalue weighted by atomic mass is 9.74. The first kappa shape index (κ1) is 33.0. The maximum Gasteiger partial charge on any atom is 0.160 e. The van der Waals surface area contributed by atoms with Crippen molar-refractivity contribution >= 4 is 21.9 Å². The molecule has 11 rings (SSSR count). The Balaban J connectivity index is 0.997. The second kappa shape index (κ2) is 13.1. The lowest BCUT2D eigenvalue weighted by molar-refractivity contribution is 0.670. The summed E-state index contributed by atoms with van der Waals surface area (Å²) in [7, 11) is 0. The maximum absolute atomic E-state index is 6.36. The molecule has 1 unspecified atom stereocenters. The lowest BCUT2D eigenvalue weighted by Crippen LogP contribution is -2.22. The number of hydrogen-bond donors (Lipinski definition) is 0. The van der Waals surface area contributed by atoms with Crippen LogP contribution in [0, 0.1) is 0 Å². The Morgan fingerprint density at radius 3 is 1.79 bits per heavy atom. The van der Waals surface area contributed by atoms with Gasteiger partial charge in [0.25, 0.3) is 0 Å². The minimum Gasteiger partial charge on any atom is -0.455 e. The van der Waals surface area contributed by atoms with E-state index in [9.17, 15) is 0 Å². The van der Waals surface area contributed by atoms with E-state index in [4.69, 9.17) is 14.4 Å². The second-order valence-corrected chi connectivity index (χ2v) is 15.1. The number of para-hydroxylation sites is 2. The molecule has 3 heteroatoms. The van der Waals surface area contributed by atoms with Gasteiger partial charge in [0.1, 0.15) is 11.2 Å². The molecule has 1 aliphatic carbocycles. The van der Waals surface area contributed by atoms with Crippen molar-refractivity contribution in [1.29, 1.82) is 0 Å². The molecule has 2 heterocycles. The summed E-state index contributed by atoms with van der Waals surface area (Å²) in [4.78, 5) is 10.4. The average molecular weight is 729 g/mol. The van der Waals surface area contributed by atoms with Crippen LogP contribution in [-0.2, 0) is 5.41 Å². The highest BCUT2D eigenvalue weighted by molar-refractivity contribution is 6.09. The molecule has 3 nitrogen and oxygen atoms in total. The SMILES string of the molecule is CC1(c2ccccc2)c2ccccc2-c2ccc(-c3cc(-c4cccc(-c5ccc(-c6cccc7c6oc6ccccc67)cc5)c4)nc(-c4ccccc4)n3)cc21. The zero-order chi connectivity index (χ0) is 37.9. The summed E-state index contributed by atoms with van der Waals surface area (Å²) in [5.41, 5.74) is 17.3. The molecule has 1 atom stereocenters. The van der Waals surface area contributed by atoms with Crippen molar-refractivity contribution in [1.82, 2.24) is 9.97 Å². The summed E-state index contributed by atoms with van der Waals surface area (Å²) in [6.07, 6.45) is 0. The van der Waals surface area contributed by atoms with Gasteiger partial charge in [-0.3, -0.25) is 0 Å². The quantitative estimate of drug-likeness (QED) is 0.171. The van der Waals surface area contributed by atoms with Crippen molar-refractivity contribution in [2.45, 2.75) is 12.3 Å². The minimum atomic E-state index is -0.302. The largest absolute Gasteiger partial charge is 0.455 e. The van der Waals surface area contributed by atoms with Crippen LogP contribution in [0.4, 0.5) is 0 Å². The van der Waals surface area contributed by atoms with Crippen LogP contribution < -0.4 is 0 Å². The molecule has 0 aliphatic heterocycles. The summed E-state index contributed by atoms with van der Waals surface area (Å²) in [6.45, 7) is 2.36. The van der Waals surface area contributed by atoms with Crippen LogP contribution in [-0.4, -0.2) is 9.97 Å². The Morgan fingerprint density at radius 1 is 0.386 bits per heavy atom. The third kappa shape index (κ3) is 5.43. The Morgan fingerprint density at radius 2 is 0.965 bits per heavy atom. The number of rotatable bonds is 6. The van der Waals surface area contributed by atoms with Gasteiger partial charge < -0.3 is 4.42 Å². The van der Waals surface area contributed by atoms with Crippen molar-refractivity contribution in [3.8, 4) is 67.3 Å². The Bertz CT molecular complexity index is 3130. The molecule has 1 aliphatic rings. The summed E-state index contributed by atoms with van der Waals surface area (Å²) in [5, 5.41) is 2.27. The number of aromatic nitrogens is 2. The zero-order valence-electron chi connectivity index (χ0n) is 31.4. The fourth-order valence-corrected chi connectivity index (χ4v) is 8.87. The predicted molar refractivity (Wildman–Crippen MR) is 234 cm³/mol. The Labute approximate surface area is 331 Å². The molecule has 0 fully saturated rings. The Kier molecular flexibility index (Phi) is 7.61. The van der Waals surface area contributed by atoms with E-state index in [1.54, 1.807) is 0 Å². The van der Waals surface area contributed by atoms with Crippen LogP contribution in [0.15, 0.2) is 205 Å². The normalized spacial score (nSPS) is 14.5. The topological polar surface area (TPSA) is 38.9 Å². The van der Waals surface area contributed by atoms with Crippen molar-refractivity contribution in [2.24, 2.45) is 0 Å². The summed E-state index contributed by atoms with van der Waals surface area (Å²) in [5.74, 6) is 0.701. The van der Waals surface area contributed by atoms with Gasteiger partial charge in [-0.1, -0.05) is 176 Å². The summed E-state index contributed by atoms with van der Waals surface area (Å²) in [6, 6.07) is 71.0. The average Bonchev–Trinajstić information content (AvgIpc) is 3.80. The van der Waals surface area contributed by atoms with E-state index in [0.29, 0.717) is 5.82 Å². The maximum atomic E-state index is 6.36. The van der Waals surface area contributed by atoms with Crippen LogP contribution in [0.25, 0.3) is 89.2 Å². The fourth-order valence-electron chi connectivity index (χ4n) is 8.87. The highest BCUT2D eigenvalue weighted by Crippen LogP contribution is 2.53. The van der Waals surface area contributed by atoms with Crippen LogP contribution in [0.1, 0.15) is 23.6 Å². The second-order valence-electron chi connectivity index (χ2n) is 15.1. The number of benzene rings is 8. The third-order valence-corrected chi connectivity index (χ3v) is 11.8. The molecule has 10 aromatic rings. The molecule has 2 aromatic heterocycles. The molecular weight excluding hydrogens is 693 g/mol. The highest BCUT2D eigenvalue weighted by atomic mass is 16.3. The molecule has 0 amide bonds. The smallest absolute Gasteiger partial charge is 0.160 e. The first-order valence-electron chi connectivity index (χ1n) is 19.5. The fraction of sp³-hybridized carbons (Fsp3) is 0.0370. The van der Waals surface area contributed by atoms with Gasteiger partial charge in [-0.15, -0.1) is 0 Å². The molecule has 0 N–H and O–H groups in total. The summed E-state index contributed by atoms with van der Waals surface area (Å²) >= 11 is 0. The number of hydrogen-bond acceptors (Lipinski definition) is 3. The van der Waals surface area contributed by atoms with Crippen molar-refractivity contribution in [3.63, 3.8) is 0 Å². The first-order valence-corrected chi connectivity index (χ1v) is 19.5. The molecule has 0 radical (unpaired) electrons. The van der Waals surface area contributed by atoms with Gasteiger partial charge in [0.2, 0.25) is 0 Å². The molecule has 0 bridgehead atoms. The number of nitrogens with zero attached hydrogens (tertiary/aromatic N) is 2. The lowest BCUT2D eigenvalue weighted by Gasteiger charge is -2.28. The van der Waals surface area contributed by atoms with Crippen LogP contribution in [0.5, 0.6) is 0 Å². The van der Waals surface area contributed by atoms with Crippen molar-refractivity contribution in [2.75, 3.05) is 0 Å². The number of furan rings is 1. The van der Waals surface area contributed by atoms with Crippen molar-refractivity contribution in [3.05, 3.63) is 217 Å². The highest BCUT2D eigenvalue weighted by Gasteiger charge is 2.40. The minimum absolute atomic E-state index is 0.302. The van der Waals surface area contributed by atoms with Gasteiger partial charge >= 0.3 is 0 Å². The van der Waals surface area contributed by atoms with Crippen LogP contribution in [0.3, 0.4) is 0 Å². The van der Waals surface area contributed by atoms with Crippen molar-refractivity contribution < 1.29 is 4.42 Å². The molecule has 8 aromatic carbocycles. The number of fused-ring (bicyclic) bond motifs is 6. The molecule has 0 saturated carbocycles. The first-order chi connectivity index (χ1) is 28.1. The zero-order valence-corrected chi connectivity index (χ0v) is 31.4. The van der Waals surface area contributed by atoms with Crippen LogP contribution >= 0.6 is 0 Å². The van der Waals surface area contributed by atoms with Crippen LogP contribution in [0.2, 0.25) is 0 Å². The Hall–Kier alpha value is -7.36. The van der Waals surface area contributed by atoms with E-state index in [-0.39, 0.29) is 5.41 Å². The van der Waals surface area contributed by atoms with Gasteiger partial charge in [0, 0.05) is 38.4 Å². The van der Waals surface area contributed by atoms with E-state index in [1.807, 2.05) is 30.3 Å². The molecule has 0 saturated heterocycles. The monoisotopic (exact) mass is 728 g/mol. The van der Waals surface area contributed by atoms with Gasteiger partial charge in [-0.25, -0.2) is 9.97 Å². The van der Waals surface area contributed by atoms with Gasteiger partial charge in [-0.05, 0) is 75.7 Å². The molecule has 57 heavy (non-hydrogen) atoms. The molecular formula is C54H36N2O. The van der Waals surface area contributed by atoms with Gasteiger partial charge in [0.05, 0.1) is 11.4 Å². The standard InChI is InChI=1S/C54H36N2O/c1-54(41-18-6-3-7-19-41)47-24-10-8-20-43(47)44-31-30-40(33-48(44)54)50-34-49(55-53(56-50)37-14-4-2-5-15-37)39-17-12-16-38(32-39)35-26-28-36(29-27-35)42-22-13-23-46-45-21-9-11-25-51(45)57-52(42)46/h2-34H,1H3. The van der Waals surface area contributed by atoms with E-state index >= 15 is 0 Å². The van der Waals surface area contributed by atoms with E-state index in [0.717, 1.165) is 72.3 Å². The van der Waals surface area contributed by atoms with E-state index in [1.165, 1.54) is 27.8 Å².